The third-order valence-electron chi connectivity index (χ3n) is 1.61. The molecule has 0 rings (SSSR count). The van der Waals surface area contributed by atoms with Crippen LogP contribution in [0, 0.1) is 5.92 Å². The van der Waals surface area contributed by atoms with Crippen LogP contribution in [0.3, 0.4) is 0 Å². The number of sulfonamides is 1. The molecular weight excluding hydrogens is 226 g/mol. The van der Waals surface area contributed by atoms with E-state index < -0.39 is 10.0 Å². The lowest BCUT2D eigenvalue weighted by Gasteiger charge is -2.09. The summed E-state index contributed by atoms with van der Waals surface area (Å²) in [5, 5.41) is 0. The smallest absolute Gasteiger partial charge is 0.211 e. The van der Waals surface area contributed by atoms with Crippen molar-refractivity contribution in [2.75, 3.05) is 31.9 Å². The van der Waals surface area contributed by atoms with Crippen molar-refractivity contribution in [1.82, 2.24) is 4.72 Å². The van der Waals surface area contributed by atoms with E-state index in [1.807, 2.05) is 0 Å². The summed E-state index contributed by atoms with van der Waals surface area (Å²) < 4.78 is 30.0. The van der Waals surface area contributed by atoms with Crippen molar-refractivity contribution in [3.8, 4) is 0 Å². The first-order valence-electron chi connectivity index (χ1n) is 4.54. The molecule has 14 heavy (non-hydrogen) atoms. The standard InChI is InChI=1S/C8H18ClNO3S/c1-8(6-9)7-14(11,12)10-4-3-5-13-2/h8,10H,3-7H2,1-2H3. The number of rotatable bonds is 8. The van der Waals surface area contributed by atoms with E-state index in [1.165, 1.54) is 0 Å². The molecule has 0 radical (unpaired) electrons. The molecule has 0 aliphatic rings. The maximum absolute atomic E-state index is 11.4. The highest BCUT2D eigenvalue weighted by Gasteiger charge is 2.13. The fourth-order valence-electron chi connectivity index (χ4n) is 0.922. The maximum Gasteiger partial charge on any atom is 0.211 e. The Hall–Kier alpha value is 0.160. The fourth-order valence-corrected chi connectivity index (χ4v) is 2.60. The minimum absolute atomic E-state index is 0.0170. The highest BCUT2D eigenvalue weighted by Crippen LogP contribution is 2.01. The van der Waals surface area contributed by atoms with E-state index in [9.17, 15) is 8.42 Å². The molecule has 86 valence electrons. The lowest BCUT2D eigenvalue weighted by atomic mass is 10.3. The Kier molecular flexibility index (Phi) is 7.54. The van der Waals surface area contributed by atoms with E-state index in [1.54, 1.807) is 14.0 Å². The average molecular weight is 244 g/mol. The van der Waals surface area contributed by atoms with E-state index in [2.05, 4.69) is 4.72 Å². The van der Waals surface area contributed by atoms with Gasteiger partial charge in [-0.3, -0.25) is 0 Å². The Labute approximate surface area is 91.0 Å². The van der Waals surface area contributed by atoms with Gasteiger partial charge in [0.2, 0.25) is 10.0 Å². The van der Waals surface area contributed by atoms with Crippen LogP contribution in [0.1, 0.15) is 13.3 Å². The van der Waals surface area contributed by atoms with Gasteiger partial charge in [-0.25, -0.2) is 13.1 Å². The Morgan fingerprint density at radius 1 is 1.50 bits per heavy atom. The van der Waals surface area contributed by atoms with E-state index in [4.69, 9.17) is 16.3 Å². The first-order valence-corrected chi connectivity index (χ1v) is 6.72. The van der Waals surface area contributed by atoms with Crippen LogP contribution in [0.25, 0.3) is 0 Å². The van der Waals surface area contributed by atoms with Crippen LogP contribution in [0.4, 0.5) is 0 Å². The molecule has 0 spiro atoms. The van der Waals surface area contributed by atoms with Gasteiger partial charge in [-0.05, 0) is 12.3 Å². The van der Waals surface area contributed by atoms with E-state index in [0.29, 0.717) is 25.5 Å². The van der Waals surface area contributed by atoms with Crippen LogP contribution < -0.4 is 4.72 Å². The molecular formula is C8H18ClNO3S. The summed E-state index contributed by atoms with van der Waals surface area (Å²) in [7, 11) is -1.58. The zero-order valence-electron chi connectivity index (χ0n) is 8.62. The average Bonchev–Trinajstić information content (AvgIpc) is 2.12. The number of hydrogen-bond acceptors (Lipinski definition) is 3. The molecule has 1 unspecified atom stereocenters. The summed E-state index contributed by atoms with van der Waals surface area (Å²) in [4.78, 5) is 0. The van der Waals surface area contributed by atoms with Crippen LogP contribution in [-0.4, -0.2) is 40.3 Å². The van der Waals surface area contributed by atoms with Crippen LogP contribution >= 0.6 is 11.6 Å². The van der Waals surface area contributed by atoms with Crippen LogP contribution in [0.2, 0.25) is 0 Å². The molecule has 0 saturated carbocycles. The van der Waals surface area contributed by atoms with E-state index >= 15 is 0 Å². The van der Waals surface area contributed by atoms with Crippen molar-refractivity contribution in [3.63, 3.8) is 0 Å². The van der Waals surface area contributed by atoms with Crippen LogP contribution in [0.5, 0.6) is 0 Å². The predicted molar refractivity (Wildman–Crippen MR) is 58.2 cm³/mol. The van der Waals surface area contributed by atoms with Crippen LogP contribution in [0.15, 0.2) is 0 Å². The summed E-state index contributed by atoms with van der Waals surface area (Å²) in [5.41, 5.74) is 0. The second-order valence-electron chi connectivity index (χ2n) is 3.28. The van der Waals surface area contributed by atoms with Crippen LogP contribution in [-0.2, 0) is 14.8 Å². The summed E-state index contributed by atoms with van der Waals surface area (Å²) in [6.07, 6.45) is 0.686. The first kappa shape index (κ1) is 14.2. The van der Waals surface area contributed by atoms with Gasteiger partial charge in [0.05, 0.1) is 5.75 Å². The molecule has 0 aromatic rings. The second kappa shape index (κ2) is 7.45. The lowest BCUT2D eigenvalue weighted by molar-refractivity contribution is 0.196. The second-order valence-corrected chi connectivity index (χ2v) is 5.44. The molecule has 0 amide bonds. The van der Waals surface area contributed by atoms with Gasteiger partial charge >= 0.3 is 0 Å². The zero-order valence-corrected chi connectivity index (χ0v) is 10.2. The molecule has 0 fully saturated rings. The molecule has 0 aliphatic carbocycles. The highest BCUT2D eigenvalue weighted by atomic mass is 35.5. The predicted octanol–water partition coefficient (Wildman–Crippen LogP) is 0.817. The number of ether oxygens (including phenoxy) is 1. The number of halogens is 1. The molecule has 0 bridgehead atoms. The minimum Gasteiger partial charge on any atom is -0.385 e. The van der Waals surface area contributed by atoms with Gasteiger partial charge in [0.25, 0.3) is 0 Å². The van der Waals surface area contributed by atoms with Crippen molar-refractivity contribution >= 4 is 21.6 Å². The van der Waals surface area contributed by atoms with Gasteiger partial charge in [-0.2, -0.15) is 0 Å². The van der Waals surface area contributed by atoms with Crippen molar-refractivity contribution in [2.24, 2.45) is 5.92 Å². The summed E-state index contributed by atoms with van der Waals surface area (Å²) in [6.45, 7) is 2.79. The molecule has 1 N–H and O–H groups in total. The zero-order chi connectivity index (χ0) is 11.0. The minimum atomic E-state index is -3.16. The summed E-state index contributed by atoms with van der Waals surface area (Å²) >= 11 is 5.53. The summed E-state index contributed by atoms with van der Waals surface area (Å²) in [5.74, 6) is 0.430. The molecule has 0 aromatic carbocycles. The van der Waals surface area contributed by atoms with Gasteiger partial charge in [0, 0.05) is 26.1 Å². The Bertz CT molecular complexity index is 231. The Balaban J connectivity index is 3.73. The third kappa shape index (κ3) is 7.55. The third-order valence-corrected chi connectivity index (χ3v) is 3.79. The lowest BCUT2D eigenvalue weighted by Crippen LogP contribution is -2.30. The number of nitrogens with one attached hydrogen (secondary N) is 1. The van der Waals surface area contributed by atoms with Gasteiger partial charge in [-0.15, -0.1) is 11.6 Å². The summed E-state index contributed by atoms with van der Waals surface area (Å²) in [6, 6.07) is 0. The number of alkyl halides is 1. The van der Waals surface area contributed by atoms with Gasteiger partial charge < -0.3 is 4.74 Å². The molecule has 0 heterocycles. The monoisotopic (exact) mass is 243 g/mol. The van der Waals surface area contributed by atoms with Crippen molar-refractivity contribution in [1.29, 1.82) is 0 Å². The SMILES string of the molecule is COCCCNS(=O)(=O)CC(C)CCl. The highest BCUT2D eigenvalue weighted by molar-refractivity contribution is 7.89. The van der Waals surface area contributed by atoms with Gasteiger partial charge in [0.15, 0.2) is 0 Å². The quantitative estimate of drug-likeness (QED) is 0.507. The molecule has 1 atom stereocenters. The topological polar surface area (TPSA) is 55.4 Å². The first-order chi connectivity index (χ1) is 6.52. The maximum atomic E-state index is 11.4. The number of hydrogen-bond donors (Lipinski definition) is 1. The Morgan fingerprint density at radius 3 is 2.64 bits per heavy atom. The van der Waals surface area contributed by atoms with Gasteiger partial charge in [0.1, 0.15) is 0 Å². The van der Waals surface area contributed by atoms with Crippen molar-refractivity contribution < 1.29 is 13.2 Å². The van der Waals surface area contributed by atoms with E-state index in [0.717, 1.165) is 0 Å². The fraction of sp³-hybridized carbons (Fsp3) is 1.00. The normalized spacial score (nSPS) is 14.2. The molecule has 0 aromatic heterocycles. The Morgan fingerprint density at radius 2 is 2.14 bits per heavy atom. The molecule has 4 nitrogen and oxygen atoms in total. The van der Waals surface area contributed by atoms with Crippen molar-refractivity contribution in [3.05, 3.63) is 0 Å². The molecule has 0 saturated heterocycles. The molecule has 6 heteroatoms. The van der Waals surface area contributed by atoms with Gasteiger partial charge in [-0.1, -0.05) is 6.92 Å². The van der Waals surface area contributed by atoms with E-state index in [-0.39, 0.29) is 11.7 Å². The molecule has 0 aliphatic heterocycles. The number of methoxy groups -OCH3 is 1. The van der Waals surface area contributed by atoms with Crippen molar-refractivity contribution in [2.45, 2.75) is 13.3 Å². The largest absolute Gasteiger partial charge is 0.385 e.